The lowest BCUT2D eigenvalue weighted by atomic mass is 10.0. The maximum atomic E-state index is 5.26. The van der Waals surface area contributed by atoms with Crippen molar-refractivity contribution in [1.82, 2.24) is 9.80 Å². The fourth-order valence-corrected chi connectivity index (χ4v) is 4.15. The van der Waals surface area contributed by atoms with Crippen molar-refractivity contribution >= 4 is 5.69 Å². The summed E-state index contributed by atoms with van der Waals surface area (Å²) in [7, 11) is 1.72. The molecule has 2 aliphatic heterocycles. The molecule has 0 N–H and O–H groups in total. The van der Waals surface area contributed by atoms with Crippen LogP contribution < -0.4 is 9.64 Å². The average Bonchev–Trinajstić information content (AvgIpc) is 2.62. The molecule has 4 heteroatoms. The molecule has 4 nitrogen and oxygen atoms in total. The second-order valence-corrected chi connectivity index (χ2v) is 7.67. The first kappa shape index (κ1) is 17.6. The number of methoxy groups -OCH3 is 1. The van der Waals surface area contributed by atoms with Gasteiger partial charge in [-0.05, 0) is 49.6 Å². The number of rotatable bonds is 5. The third-order valence-electron chi connectivity index (χ3n) is 5.37. The van der Waals surface area contributed by atoms with Gasteiger partial charge in [0, 0.05) is 51.0 Å². The summed E-state index contributed by atoms with van der Waals surface area (Å²) in [4.78, 5) is 7.91. The van der Waals surface area contributed by atoms with E-state index in [-0.39, 0.29) is 0 Å². The predicted molar refractivity (Wildman–Crippen MR) is 101 cm³/mol. The van der Waals surface area contributed by atoms with Crippen LogP contribution in [0.15, 0.2) is 24.3 Å². The van der Waals surface area contributed by atoms with Crippen LogP contribution >= 0.6 is 0 Å². The van der Waals surface area contributed by atoms with E-state index >= 15 is 0 Å². The fourth-order valence-electron chi connectivity index (χ4n) is 4.15. The van der Waals surface area contributed by atoms with Crippen molar-refractivity contribution in [1.29, 1.82) is 0 Å². The molecular formula is C20H33N3O. The summed E-state index contributed by atoms with van der Waals surface area (Å²) in [5, 5.41) is 0. The Labute approximate surface area is 147 Å². The molecule has 2 heterocycles. The monoisotopic (exact) mass is 331 g/mol. The van der Waals surface area contributed by atoms with Gasteiger partial charge in [0.15, 0.2) is 0 Å². The van der Waals surface area contributed by atoms with E-state index in [4.69, 9.17) is 4.74 Å². The highest BCUT2D eigenvalue weighted by Crippen LogP contribution is 2.23. The van der Waals surface area contributed by atoms with Gasteiger partial charge in [-0.3, -0.25) is 4.90 Å². The molecule has 3 rings (SSSR count). The second kappa shape index (κ2) is 8.21. The number of piperidine rings is 1. The van der Waals surface area contributed by atoms with E-state index in [0.717, 1.165) is 30.8 Å². The summed E-state index contributed by atoms with van der Waals surface area (Å²) in [5.74, 6) is 1.71. The Balaban J connectivity index is 1.50. The molecule has 1 aromatic carbocycles. The number of benzene rings is 1. The highest BCUT2D eigenvalue weighted by molar-refractivity contribution is 5.49. The molecule has 0 spiro atoms. The number of piperazine rings is 1. The molecule has 1 unspecified atom stereocenters. The fraction of sp³-hybridized carbons (Fsp3) is 0.700. The zero-order chi connectivity index (χ0) is 16.9. The summed E-state index contributed by atoms with van der Waals surface area (Å²) in [5.41, 5.74) is 1.32. The Morgan fingerprint density at radius 1 is 1.04 bits per heavy atom. The van der Waals surface area contributed by atoms with E-state index in [1.165, 1.54) is 51.3 Å². The first-order chi connectivity index (χ1) is 11.7. The van der Waals surface area contributed by atoms with Gasteiger partial charge in [-0.1, -0.05) is 13.8 Å². The first-order valence-electron chi connectivity index (χ1n) is 9.51. The molecule has 0 aliphatic carbocycles. The Hall–Kier alpha value is -1.26. The molecule has 2 aliphatic rings. The normalized spacial score (nSPS) is 23.7. The van der Waals surface area contributed by atoms with E-state index in [1.54, 1.807) is 7.11 Å². The Bertz CT molecular complexity index is 494. The lowest BCUT2D eigenvalue weighted by Crippen LogP contribution is -2.55. The van der Waals surface area contributed by atoms with Crippen LogP contribution in [-0.4, -0.2) is 68.8 Å². The summed E-state index contributed by atoms with van der Waals surface area (Å²) in [6, 6.07) is 9.24. The zero-order valence-electron chi connectivity index (χ0n) is 15.6. The van der Waals surface area contributed by atoms with Gasteiger partial charge in [-0.25, -0.2) is 0 Å². The number of nitrogens with zero attached hydrogens (tertiary/aromatic N) is 3. The van der Waals surface area contributed by atoms with Crippen molar-refractivity contribution in [2.24, 2.45) is 5.92 Å². The summed E-state index contributed by atoms with van der Waals surface area (Å²) >= 11 is 0. The second-order valence-electron chi connectivity index (χ2n) is 7.67. The van der Waals surface area contributed by atoms with Crippen LogP contribution in [0, 0.1) is 5.92 Å². The minimum absolute atomic E-state index is 0.760. The smallest absolute Gasteiger partial charge is 0.119 e. The molecule has 24 heavy (non-hydrogen) atoms. The molecule has 2 saturated heterocycles. The van der Waals surface area contributed by atoms with Crippen LogP contribution in [0.1, 0.15) is 26.7 Å². The SMILES string of the molecule is COc1ccc(N2CCN(C3CCCN(CC(C)C)C3)CC2)cc1. The highest BCUT2D eigenvalue weighted by atomic mass is 16.5. The van der Waals surface area contributed by atoms with Gasteiger partial charge in [0.05, 0.1) is 7.11 Å². The van der Waals surface area contributed by atoms with Crippen LogP contribution in [0.4, 0.5) is 5.69 Å². The van der Waals surface area contributed by atoms with Crippen molar-refractivity contribution in [2.75, 3.05) is 57.8 Å². The highest BCUT2D eigenvalue weighted by Gasteiger charge is 2.28. The van der Waals surface area contributed by atoms with Crippen LogP contribution in [0.2, 0.25) is 0 Å². The Morgan fingerprint density at radius 3 is 2.38 bits per heavy atom. The van der Waals surface area contributed by atoms with Gasteiger partial charge in [0.2, 0.25) is 0 Å². The van der Waals surface area contributed by atoms with Crippen LogP contribution in [0.3, 0.4) is 0 Å². The van der Waals surface area contributed by atoms with Crippen molar-refractivity contribution in [3.8, 4) is 5.75 Å². The van der Waals surface area contributed by atoms with E-state index in [1.807, 2.05) is 0 Å². The average molecular weight is 332 g/mol. The van der Waals surface area contributed by atoms with E-state index in [9.17, 15) is 0 Å². The topological polar surface area (TPSA) is 19.0 Å². The lowest BCUT2D eigenvalue weighted by molar-refractivity contribution is 0.0862. The number of likely N-dealkylation sites (tertiary alicyclic amines) is 1. The van der Waals surface area contributed by atoms with Crippen molar-refractivity contribution in [3.05, 3.63) is 24.3 Å². The number of anilines is 1. The van der Waals surface area contributed by atoms with Crippen LogP contribution in [-0.2, 0) is 0 Å². The van der Waals surface area contributed by atoms with E-state index in [2.05, 4.69) is 52.8 Å². The minimum Gasteiger partial charge on any atom is -0.497 e. The molecule has 0 saturated carbocycles. The third kappa shape index (κ3) is 4.42. The van der Waals surface area contributed by atoms with Gasteiger partial charge in [0.1, 0.15) is 5.75 Å². The van der Waals surface area contributed by atoms with Crippen molar-refractivity contribution < 1.29 is 4.74 Å². The summed E-state index contributed by atoms with van der Waals surface area (Å²) in [6.45, 7) is 13.1. The lowest BCUT2D eigenvalue weighted by Gasteiger charge is -2.44. The zero-order valence-corrected chi connectivity index (χ0v) is 15.6. The van der Waals surface area contributed by atoms with Gasteiger partial charge in [0.25, 0.3) is 0 Å². The van der Waals surface area contributed by atoms with Crippen molar-refractivity contribution in [2.45, 2.75) is 32.7 Å². The first-order valence-corrected chi connectivity index (χ1v) is 9.51. The molecule has 0 amide bonds. The quantitative estimate of drug-likeness (QED) is 0.826. The maximum Gasteiger partial charge on any atom is 0.119 e. The molecule has 1 atom stereocenters. The van der Waals surface area contributed by atoms with E-state index < -0.39 is 0 Å². The molecule has 0 aromatic heterocycles. The maximum absolute atomic E-state index is 5.26. The van der Waals surface area contributed by atoms with E-state index in [0.29, 0.717) is 0 Å². The molecule has 1 aromatic rings. The molecule has 0 bridgehead atoms. The van der Waals surface area contributed by atoms with Gasteiger partial charge in [-0.2, -0.15) is 0 Å². The number of hydrogen-bond acceptors (Lipinski definition) is 4. The minimum atomic E-state index is 0.760. The summed E-state index contributed by atoms with van der Waals surface area (Å²) in [6.07, 6.45) is 2.73. The Morgan fingerprint density at radius 2 is 1.75 bits per heavy atom. The molecule has 2 fully saturated rings. The number of hydrogen-bond donors (Lipinski definition) is 0. The van der Waals surface area contributed by atoms with Crippen LogP contribution in [0.5, 0.6) is 5.75 Å². The largest absolute Gasteiger partial charge is 0.497 e. The third-order valence-corrected chi connectivity index (χ3v) is 5.37. The molecular weight excluding hydrogens is 298 g/mol. The standard InChI is InChI=1S/C20H33N3O/c1-17(2)15-21-10-4-5-19(16-21)23-13-11-22(12-14-23)18-6-8-20(24-3)9-7-18/h6-9,17,19H,4-5,10-16H2,1-3H3. The predicted octanol–water partition coefficient (Wildman–Crippen LogP) is 2.94. The van der Waals surface area contributed by atoms with Crippen LogP contribution in [0.25, 0.3) is 0 Å². The number of ether oxygens (including phenoxy) is 1. The molecule has 134 valence electrons. The molecule has 0 radical (unpaired) electrons. The van der Waals surface area contributed by atoms with Gasteiger partial charge >= 0.3 is 0 Å². The van der Waals surface area contributed by atoms with Crippen molar-refractivity contribution in [3.63, 3.8) is 0 Å². The van der Waals surface area contributed by atoms with Gasteiger partial charge < -0.3 is 14.5 Å². The summed E-state index contributed by atoms with van der Waals surface area (Å²) < 4.78 is 5.26. The van der Waals surface area contributed by atoms with Gasteiger partial charge in [-0.15, -0.1) is 0 Å². The Kier molecular flexibility index (Phi) is 6.01.